The molecule has 66 heavy (non-hydrogen) atoms. The number of benzene rings is 1. The molecular weight excluding hydrogens is 867 g/mol. The van der Waals surface area contributed by atoms with E-state index in [0.29, 0.717) is 18.4 Å². The van der Waals surface area contributed by atoms with E-state index in [1.54, 1.807) is 18.5 Å². The second-order valence-corrected chi connectivity index (χ2v) is 19.2. The highest BCUT2D eigenvalue weighted by Gasteiger charge is 2.42. The van der Waals surface area contributed by atoms with E-state index in [0.717, 1.165) is 44.1 Å². The van der Waals surface area contributed by atoms with E-state index in [1.165, 1.54) is 105 Å². The van der Waals surface area contributed by atoms with Gasteiger partial charge >= 0.3 is 25.8 Å². The van der Waals surface area contributed by atoms with E-state index < -0.39 is 56.2 Å². The Morgan fingerprint density at radius 2 is 1.32 bits per heavy atom. The average molecular weight is 949 g/mol. The number of esters is 2. The van der Waals surface area contributed by atoms with Gasteiger partial charge < -0.3 is 28.8 Å². The number of nitrogens with zero attached hydrogens (tertiary/aromatic N) is 4. The second kappa shape index (κ2) is 32.3. The summed E-state index contributed by atoms with van der Waals surface area (Å²) in [6.07, 6.45) is 21.2. The van der Waals surface area contributed by atoms with Crippen molar-refractivity contribution in [2.24, 2.45) is 0 Å². The average Bonchev–Trinajstić information content (AvgIpc) is 3.72. The first-order valence-corrected chi connectivity index (χ1v) is 26.2. The molecule has 0 saturated heterocycles. The number of carbonyl (C=O) groups is 2. The summed E-state index contributed by atoms with van der Waals surface area (Å²) in [5.74, 6) is -1.13. The second-order valence-electron chi connectivity index (χ2n) is 17.5. The van der Waals surface area contributed by atoms with Gasteiger partial charge in [-0.25, -0.2) is 19.4 Å². The van der Waals surface area contributed by atoms with Gasteiger partial charge in [-0.1, -0.05) is 160 Å². The van der Waals surface area contributed by atoms with Gasteiger partial charge in [-0.2, -0.15) is 14.4 Å². The van der Waals surface area contributed by atoms with Gasteiger partial charge in [0.2, 0.25) is 0 Å². The first kappa shape index (κ1) is 56.8. The zero-order chi connectivity index (χ0) is 48.0. The van der Waals surface area contributed by atoms with Crippen LogP contribution in [0.4, 0.5) is 10.2 Å². The van der Waals surface area contributed by atoms with Crippen molar-refractivity contribution < 1.29 is 46.5 Å². The first-order chi connectivity index (χ1) is 31.9. The van der Waals surface area contributed by atoms with Gasteiger partial charge in [-0.15, -0.1) is 0 Å². The fourth-order valence-corrected chi connectivity index (χ4v) is 9.44. The van der Waals surface area contributed by atoms with E-state index >= 15 is 4.57 Å². The maximum atomic E-state index is 15.1. The third-order valence-corrected chi connectivity index (χ3v) is 13.7. The molecule has 17 heteroatoms. The zero-order valence-corrected chi connectivity index (χ0v) is 42.1. The predicted octanol–water partition coefficient (Wildman–Crippen LogP) is 11.1. The van der Waals surface area contributed by atoms with E-state index in [4.69, 9.17) is 28.0 Å². The molecule has 2 heterocycles. The fraction of sp³-hybridized carbons (Fsp3) is 0.735. The molecule has 1 aromatic carbocycles. The van der Waals surface area contributed by atoms with Crippen LogP contribution >= 0.6 is 7.75 Å². The standard InChI is InChI=1S/C49H82FN6O9P/c1-8-10-12-14-16-18-20-22-24-29-33-62-46(57)39(3)65-66(59,64-37-49(4,61-7)42(60-6)36-56-38-52-43-44(51-5)53-48(50)54-45(43)56)55-41(35-40-31-27-26-28-32-40)47(58)63-34-30-25-23-21-19-17-15-13-11-9-2/h26-28,31-32,38-39,41-42H,8-25,29-30,33-37H2,1-7H3,(H,55,59)(H,51,53,54)/t39-,41-,42-,49+,66?/m0/s1. The molecule has 0 saturated carbocycles. The van der Waals surface area contributed by atoms with Crippen molar-refractivity contribution in [3.05, 3.63) is 48.3 Å². The first-order valence-electron chi connectivity index (χ1n) is 24.6. The minimum absolute atomic E-state index is 0.0580. The number of anilines is 1. The summed E-state index contributed by atoms with van der Waals surface area (Å²) in [4.78, 5) is 39.4. The summed E-state index contributed by atoms with van der Waals surface area (Å²) < 4.78 is 66.5. The molecule has 1 unspecified atom stereocenters. The molecule has 0 aliphatic heterocycles. The zero-order valence-electron chi connectivity index (χ0n) is 41.2. The Balaban J connectivity index is 1.76. The Hall–Kier alpha value is -3.53. The van der Waals surface area contributed by atoms with Crippen LogP contribution in [0, 0.1) is 6.08 Å². The van der Waals surface area contributed by atoms with Crippen molar-refractivity contribution in [2.45, 2.75) is 193 Å². The van der Waals surface area contributed by atoms with E-state index in [-0.39, 0.29) is 37.6 Å². The topological polar surface area (TPSA) is 174 Å². The Morgan fingerprint density at radius 1 is 0.788 bits per heavy atom. The Kier molecular flexibility index (Phi) is 27.8. The molecule has 0 amide bonds. The van der Waals surface area contributed by atoms with Crippen molar-refractivity contribution in [3.8, 4) is 0 Å². The summed E-state index contributed by atoms with van der Waals surface area (Å²) in [5, 5.41) is 5.69. The Morgan fingerprint density at radius 3 is 1.83 bits per heavy atom. The number of fused-ring (bicyclic) bond motifs is 1. The minimum Gasteiger partial charge on any atom is -0.465 e. The lowest BCUT2D eigenvalue weighted by Crippen LogP contribution is -2.49. The highest BCUT2D eigenvalue weighted by atomic mass is 31.2. The largest absolute Gasteiger partial charge is 0.465 e. The summed E-state index contributed by atoms with van der Waals surface area (Å²) in [7, 11) is -0.0664. The van der Waals surface area contributed by atoms with Crippen molar-refractivity contribution in [1.29, 1.82) is 0 Å². The molecule has 0 spiro atoms. The van der Waals surface area contributed by atoms with Crippen molar-refractivity contribution in [1.82, 2.24) is 24.6 Å². The highest BCUT2D eigenvalue weighted by Crippen LogP contribution is 2.47. The number of ether oxygens (including phenoxy) is 4. The maximum Gasteiger partial charge on any atom is 0.407 e. The number of nitrogens with one attached hydrogen (secondary N) is 2. The normalized spacial score (nSPS) is 14.9. The molecule has 0 fully saturated rings. The summed E-state index contributed by atoms with van der Waals surface area (Å²) >= 11 is 0. The number of imidazole rings is 1. The van der Waals surface area contributed by atoms with Gasteiger partial charge in [0.25, 0.3) is 0 Å². The molecule has 3 rings (SSSR count). The van der Waals surface area contributed by atoms with Crippen molar-refractivity contribution in [3.63, 3.8) is 0 Å². The molecule has 374 valence electrons. The number of aromatic nitrogens is 4. The molecule has 0 aliphatic carbocycles. The maximum absolute atomic E-state index is 15.1. The Bertz CT molecular complexity index is 1840. The lowest BCUT2D eigenvalue weighted by atomic mass is 9.99. The molecule has 3 aromatic rings. The van der Waals surface area contributed by atoms with Crippen LogP contribution in [0.2, 0.25) is 0 Å². The van der Waals surface area contributed by atoms with Crippen LogP contribution in [0.25, 0.3) is 11.2 Å². The van der Waals surface area contributed by atoms with Crippen LogP contribution < -0.4 is 10.4 Å². The van der Waals surface area contributed by atoms with Crippen molar-refractivity contribution >= 4 is 36.7 Å². The molecule has 2 aromatic heterocycles. The van der Waals surface area contributed by atoms with E-state index in [9.17, 15) is 14.0 Å². The van der Waals surface area contributed by atoms with Crippen LogP contribution in [-0.4, -0.2) is 96.4 Å². The lowest BCUT2D eigenvalue weighted by molar-refractivity contribution is -0.152. The van der Waals surface area contributed by atoms with Gasteiger partial charge in [0, 0.05) is 21.3 Å². The molecule has 2 N–H and O–H groups in total. The summed E-state index contributed by atoms with van der Waals surface area (Å²) in [5.41, 5.74) is 0.00364. The molecule has 5 atom stereocenters. The molecule has 0 aliphatic rings. The van der Waals surface area contributed by atoms with E-state index in [1.807, 2.05) is 30.3 Å². The van der Waals surface area contributed by atoms with Crippen LogP contribution in [0.1, 0.15) is 162 Å². The molecule has 0 bridgehead atoms. The molecular formula is C49H82FN6O9P. The fourth-order valence-electron chi connectivity index (χ4n) is 7.73. The summed E-state index contributed by atoms with van der Waals surface area (Å²) in [6.45, 7) is 7.60. The number of unbranched alkanes of at least 4 members (excludes halogenated alkanes) is 18. The quantitative estimate of drug-likeness (QED) is 0.0239. The van der Waals surface area contributed by atoms with Gasteiger partial charge in [-0.3, -0.25) is 13.8 Å². The molecule has 15 nitrogen and oxygen atoms in total. The monoisotopic (exact) mass is 949 g/mol. The van der Waals surface area contributed by atoms with E-state index in [2.05, 4.69) is 39.2 Å². The van der Waals surface area contributed by atoms with Gasteiger partial charge in [-0.05, 0) is 38.7 Å². The van der Waals surface area contributed by atoms with Crippen LogP contribution in [0.5, 0.6) is 0 Å². The predicted molar refractivity (Wildman–Crippen MR) is 258 cm³/mol. The third-order valence-electron chi connectivity index (χ3n) is 12.0. The van der Waals surface area contributed by atoms with Crippen LogP contribution in [0.15, 0.2) is 36.7 Å². The SMILES string of the molecule is CCCCCCCCCCCCOC(=O)[C@H](Cc1ccccc1)NP(=O)(OC[C@@](C)(OC)[C@H](Cn1cnc2c(NC)nc(F)nc21)OC)O[C@@H](C)C(=O)OCCCCCCCCCCCC. The highest BCUT2D eigenvalue weighted by molar-refractivity contribution is 7.51. The van der Waals surface area contributed by atoms with Gasteiger partial charge in [0.15, 0.2) is 23.1 Å². The number of rotatable bonds is 39. The summed E-state index contributed by atoms with van der Waals surface area (Å²) in [6, 6.07) is 8.08. The van der Waals surface area contributed by atoms with Crippen molar-refractivity contribution in [2.75, 3.05) is 46.4 Å². The minimum atomic E-state index is -4.58. The number of methoxy groups -OCH3 is 2. The number of hydrogen-bond donors (Lipinski definition) is 2. The number of halogens is 1. The third kappa shape index (κ3) is 20.8. The number of hydrogen-bond acceptors (Lipinski definition) is 13. The number of carbonyl (C=O) groups excluding carboxylic acids is 2. The smallest absolute Gasteiger partial charge is 0.407 e. The Labute approximate surface area is 394 Å². The van der Waals surface area contributed by atoms with Crippen LogP contribution in [-0.2, 0) is 55.1 Å². The van der Waals surface area contributed by atoms with Gasteiger partial charge in [0.05, 0.1) is 32.7 Å². The lowest BCUT2D eigenvalue weighted by Gasteiger charge is -2.36. The van der Waals surface area contributed by atoms with Gasteiger partial charge in [0.1, 0.15) is 17.7 Å². The molecule has 0 radical (unpaired) electrons. The van der Waals surface area contributed by atoms with Crippen LogP contribution in [0.3, 0.4) is 0 Å².